The van der Waals surface area contributed by atoms with Crippen LogP contribution in [0.2, 0.25) is 0 Å². The molecule has 116 valence electrons. The van der Waals surface area contributed by atoms with E-state index in [1.807, 2.05) is 6.07 Å². The Kier molecular flexibility index (Phi) is 4.42. The van der Waals surface area contributed by atoms with Gasteiger partial charge < -0.3 is 14.4 Å². The van der Waals surface area contributed by atoms with E-state index in [1.165, 1.54) is 13.0 Å². The zero-order chi connectivity index (χ0) is 14.7. The van der Waals surface area contributed by atoms with E-state index in [-0.39, 0.29) is 0 Å². The van der Waals surface area contributed by atoms with E-state index in [9.17, 15) is 0 Å². The largest absolute Gasteiger partial charge is 0.481 e. The van der Waals surface area contributed by atoms with Crippen molar-refractivity contribution in [2.45, 2.75) is 13.0 Å². The van der Waals surface area contributed by atoms with Gasteiger partial charge in [-0.1, -0.05) is 6.07 Å². The Balaban J connectivity index is 1.72. The lowest BCUT2D eigenvalue weighted by Gasteiger charge is -2.31. The molecule has 0 radical (unpaired) electrons. The summed E-state index contributed by atoms with van der Waals surface area (Å²) in [5, 5.41) is 0. The van der Waals surface area contributed by atoms with Crippen LogP contribution in [0.1, 0.15) is 12.0 Å². The molecule has 1 aromatic rings. The highest BCUT2D eigenvalue weighted by Crippen LogP contribution is 2.33. The summed E-state index contributed by atoms with van der Waals surface area (Å²) in [6.45, 7) is 6.96. The van der Waals surface area contributed by atoms with Gasteiger partial charge in [0.1, 0.15) is 0 Å². The molecule has 2 fully saturated rings. The summed E-state index contributed by atoms with van der Waals surface area (Å²) in [7, 11) is 3.89. The SMILES string of the molecule is COc1ncccc1CN1CCOC[C@@]2(CCN(C)C2)C1. The first-order valence-corrected chi connectivity index (χ1v) is 7.67. The lowest BCUT2D eigenvalue weighted by Crippen LogP contribution is -2.40. The van der Waals surface area contributed by atoms with Crippen molar-refractivity contribution in [3.05, 3.63) is 23.9 Å². The minimum absolute atomic E-state index is 0.292. The molecule has 0 saturated carbocycles. The molecule has 5 heteroatoms. The predicted molar refractivity (Wildman–Crippen MR) is 81.4 cm³/mol. The fourth-order valence-corrected chi connectivity index (χ4v) is 3.59. The minimum atomic E-state index is 0.292. The summed E-state index contributed by atoms with van der Waals surface area (Å²) in [6, 6.07) is 4.08. The molecular weight excluding hydrogens is 266 g/mol. The first-order chi connectivity index (χ1) is 10.2. The highest BCUT2D eigenvalue weighted by atomic mass is 16.5. The molecule has 3 heterocycles. The van der Waals surface area contributed by atoms with Gasteiger partial charge in [-0.25, -0.2) is 4.98 Å². The summed E-state index contributed by atoms with van der Waals surface area (Å²) >= 11 is 0. The van der Waals surface area contributed by atoms with Gasteiger partial charge in [-0.15, -0.1) is 0 Å². The standard InChI is InChI=1S/C16H25N3O2/c1-18-7-5-16(11-18)12-19(8-9-21-13-16)10-14-4-3-6-17-15(14)20-2/h3-4,6H,5,7-13H2,1-2H3/t16-/m1/s1. The lowest BCUT2D eigenvalue weighted by atomic mass is 9.87. The third kappa shape index (κ3) is 3.36. The monoisotopic (exact) mass is 291 g/mol. The van der Waals surface area contributed by atoms with Crippen LogP contribution in [0.15, 0.2) is 18.3 Å². The molecule has 3 rings (SSSR count). The van der Waals surface area contributed by atoms with Gasteiger partial charge >= 0.3 is 0 Å². The van der Waals surface area contributed by atoms with Crippen molar-refractivity contribution < 1.29 is 9.47 Å². The van der Waals surface area contributed by atoms with Crippen LogP contribution in [0.3, 0.4) is 0 Å². The van der Waals surface area contributed by atoms with E-state index in [4.69, 9.17) is 9.47 Å². The van der Waals surface area contributed by atoms with Crippen molar-refractivity contribution in [2.75, 3.05) is 53.6 Å². The average molecular weight is 291 g/mol. The molecular formula is C16H25N3O2. The number of hydrogen-bond acceptors (Lipinski definition) is 5. The maximum absolute atomic E-state index is 5.89. The fraction of sp³-hybridized carbons (Fsp3) is 0.688. The van der Waals surface area contributed by atoms with Gasteiger partial charge in [0.2, 0.25) is 5.88 Å². The molecule has 0 bridgehead atoms. The first-order valence-electron chi connectivity index (χ1n) is 7.67. The van der Waals surface area contributed by atoms with Crippen LogP contribution in [0.5, 0.6) is 5.88 Å². The van der Waals surface area contributed by atoms with Gasteiger partial charge in [0.15, 0.2) is 0 Å². The zero-order valence-corrected chi connectivity index (χ0v) is 13.0. The second-order valence-corrected chi connectivity index (χ2v) is 6.42. The van der Waals surface area contributed by atoms with Crippen LogP contribution in [0, 0.1) is 5.41 Å². The van der Waals surface area contributed by atoms with Gasteiger partial charge in [0.25, 0.3) is 0 Å². The van der Waals surface area contributed by atoms with Crippen molar-refractivity contribution in [1.29, 1.82) is 0 Å². The Bertz CT molecular complexity index is 482. The molecule has 0 aliphatic carbocycles. The van der Waals surface area contributed by atoms with Crippen LogP contribution in [-0.4, -0.2) is 68.3 Å². The van der Waals surface area contributed by atoms with Crippen molar-refractivity contribution in [3.63, 3.8) is 0 Å². The van der Waals surface area contributed by atoms with E-state index < -0.39 is 0 Å². The van der Waals surface area contributed by atoms with Crippen molar-refractivity contribution >= 4 is 0 Å². The number of pyridine rings is 1. The second kappa shape index (κ2) is 6.30. The Hall–Kier alpha value is -1.17. The molecule has 2 aliphatic heterocycles. The summed E-state index contributed by atoms with van der Waals surface area (Å²) < 4.78 is 11.3. The molecule has 5 nitrogen and oxygen atoms in total. The third-order valence-electron chi connectivity index (χ3n) is 4.59. The fourth-order valence-electron chi connectivity index (χ4n) is 3.59. The molecule has 0 amide bonds. The molecule has 1 atom stereocenters. The predicted octanol–water partition coefficient (Wildman–Crippen LogP) is 1.24. The van der Waals surface area contributed by atoms with Gasteiger partial charge in [0.05, 0.1) is 20.3 Å². The normalized spacial score (nSPS) is 27.9. The highest BCUT2D eigenvalue weighted by molar-refractivity contribution is 5.25. The summed E-state index contributed by atoms with van der Waals surface area (Å²) in [5.74, 6) is 0.736. The number of ether oxygens (including phenoxy) is 2. The van der Waals surface area contributed by atoms with Crippen LogP contribution in [-0.2, 0) is 11.3 Å². The molecule has 2 saturated heterocycles. The number of hydrogen-bond donors (Lipinski definition) is 0. The second-order valence-electron chi connectivity index (χ2n) is 6.42. The Morgan fingerprint density at radius 3 is 3.05 bits per heavy atom. The molecule has 1 aromatic heterocycles. The van der Waals surface area contributed by atoms with E-state index in [2.05, 4.69) is 27.9 Å². The summed E-state index contributed by atoms with van der Waals surface area (Å²) in [5.41, 5.74) is 1.45. The topological polar surface area (TPSA) is 37.8 Å². The highest BCUT2D eigenvalue weighted by Gasteiger charge is 2.39. The average Bonchev–Trinajstić information content (AvgIpc) is 2.73. The third-order valence-corrected chi connectivity index (χ3v) is 4.59. The van der Waals surface area contributed by atoms with Crippen LogP contribution in [0.4, 0.5) is 0 Å². The Morgan fingerprint density at radius 1 is 1.38 bits per heavy atom. The van der Waals surface area contributed by atoms with Crippen LogP contribution >= 0.6 is 0 Å². The van der Waals surface area contributed by atoms with Gasteiger partial charge in [-0.2, -0.15) is 0 Å². The van der Waals surface area contributed by atoms with E-state index in [0.29, 0.717) is 5.41 Å². The maximum atomic E-state index is 5.89. The number of aromatic nitrogens is 1. The van der Waals surface area contributed by atoms with E-state index in [0.717, 1.165) is 50.8 Å². The Morgan fingerprint density at radius 2 is 2.29 bits per heavy atom. The molecule has 0 aromatic carbocycles. The molecule has 0 N–H and O–H groups in total. The zero-order valence-electron chi connectivity index (χ0n) is 13.0. The van der Waals surface area contributed by atoms with Gasteiger partial charge in [-0.05, 0) is 26.1 Å². The smallest absolute Gasteiger partial charge is 0.217 e. The number of nitrogens with zero attached hydrogens (tertiary/aromatic N) is 3. The van der Waals surface area contributed by atoms with Crippen molar-refractivity contribution in [3.8, 4) is 5.88 Å². The molecule has 21 heavy (non-hydrogen) atoms. The molecule has 2 aliphatic rings. The van der Waals surface area contributed by atoms with Crippen LogP contribution in [0.25, 0.3) is 0 Å². The molecule has 0 unspecified atom stereocenters. The van der Waals surface area contributed by atoms with Crippen LogP contribution < -0.4 is 4.74 Å². The van der Waals surface area contributed by atoms with E-state index >= 15 is 0 Å². The summed E-state index contributed by atoms with van der Waals surface area (Å²) in [4.78, 5) is 9.20. The molecule has 1 spiro atoms. The van der Waals surface area contributed by atoms with E-state index in [1.54, 1.807) is 13.3 Å². The summed E-state index contributed by atoms with van der Waals surface area (Å²) in [6.07, 6.45) is 3.01. The number of methoxy groups -OCH3 is 1. The van der Waals surface area contributed by atoms with Gasteiger partial charge in [0, 0.05) is 43.4 Å². The Labute approximate surface area is 126 Å². The van der Waals surface area contributed by atoms with Gasteiger partial charge in [-0.3, -0.25) is 4.90 Å². The maximum Gasteiger partial charge on any atom is 0.217 e. The van der Waals surface area contributed by atoms with Crippen molar-refractivity contribution in [2.24, 2.45) is 5.41 Å². The first kappa shape index (κ1) is 14.8. The number of likely N-dealkylation sites (tertiary alicyclic amines) is 1. The minimum Gasteiger partial charge on any atom is -0.481 e. The quantitative estimate of drug-likeness (QED) is 0.838. The van der Waals surface area contributed by atoms with Crippen molar-refractivity contribution in [1.82, 2.24) is 14.8 Å². The number of rotatable bonds is 3. The lowest BCUT2D eigenvalue weighted by molar-refractivity contribution is 0.0730.